The number of pyridine rings is 1. The van der Waals surface area contributed by atoms with Crippen LogP contribution in [0.25, 0.3) is 0 Å². The third-order valence-corrected chi connectivity index (χ3v) is 5.65. The van der Waals surface area contributed by atoms with Crippen LogP contribution in [0, 0.1) is 6.92 Å². The highest BCUT2D eigenvalue weighted by Gasteiger charge is 2.22. The van der Waals surface area contributed by atoms with Gasteiger partial charge in [-0.05, 0) is 55.6 Å². The number of thioether (sulfide) groups is 1. The fourth-order valence-corrected chi connectivity index (χ4v) is 4.32. The number of aryl methyl sites for hydroxylation is 1. The molecular formula is C18H31IN4S. The number of rotatable bonds is 6. The van der Waals surface area contributed by atoms with Gasteiger partial charge in [-0.25, -0.2) is 0 Å². The van der Waals surface area contributed by atoms with Gasteiger partial charge in [-0.3, -0.25) is 9.98 Å². The van der Waals surface area contributed by atoms with Crippen molar-refractivity contribution >= 4 is 41.7 Å². The Morgan fingerprint density at radius 3 is 2.96 bits per heavy atom. The van der Waals surface area contributed by atoms with Crippen molar-refractivity contribution in [1.29, 1.82) is 0 Å². The molecule has 0 spiro atoms. The summed E-state index contributed by atoms with van der Waals surface area (Å²) in [6.07, 6.45) is 9.98. The smallest absolute Gasteiger partial charge is 0.191 e. The summed E-state index contributed by atoms with van der Waals surface area (Å²) >= 11 is 2.10. The van der Waals surface area contributed by atoms with Crippen molar-refractivity contribution in [2.75, 3.05) is 19.3 Å². The third-order valence-electron chi connectivity index (χ3n) is 4.42. The van der Waals surface area contributed by atoms with Crippen molar-refractivity contribution in [3.05, 3.63) is 29.6 Å². The Balaban J connectivity index is 0.00000288. The van der Waals surface area contributed by atoms with Crippen molar-refractivity contribution in [3.63, 3.8) is 0 Å². The van der Waals surface area contributed by atoms with Gasteiger partial charge in [0, 0.05) is 37.3 Å². The maximum atomic E-state index is 4.38. The SMILES string of the molecule is CCSC1CCCC(NC(=NC)NCCc2ccncc2C)C1.I. The fourth-order valence-electron chi connectivity index (χ4n) is 3.15. The summed E-state index contributed by atoms with van der Waals surface area (Å²) in [5, 5.41) is 7.87. The van der Waals surface area contributed by atoms with Crippen molar-refractivity contribution in [2.45, 2.75) is 57.2 Å². The highest BCUT2D eigenvalue weighted by molar-refractivity contribution is 14.0. The zero-order valence-electron chi connectivity index (χ0n) is 15.0. The van der Waals surface area contributed by atoms with Crippen LogP contribution in [0.3, 0.4) is 0 Å². The summed E-state index contributed by atoms with van der Waals surface area (Å²) in [6, 6.07) is 2.66. The molecule has 2 unspecified atom stereocenters. The minimum atomic E-state index is 0. The van der Waals surface area contributed by atoms with Gasteiger partial charge in [0.1, 0.15) is 0 Å². The Labute approximate surface area is 168 Å². The van der Waals surface area contributed by atoms with Crippen LogP contribution in [0.1, 0.15) is 43.7 Å². The molecule has 2 N–H and O–H groups in total. The van der Waals surface area contributed by atoms with Gasteiger partial charge in [0.2, 0.25) is 0 Å². The Morgan fingerprint density at radius 1 is 1.42 bits per heavy atom. The molecule has 1 aromatic rings. The van der Waals surface area contributed by atoms with Crippen molar-refractivity contribution < 1.29 is 0 Å². The van der Waals surface area contributed by atoms with E-state index in [1.807, 2.05) is 19.4 Å². The van der Waals surface area contributed by atoms with Crippen LogP contribution >= 0.6 is 35.7 Å². The van der Waals surface area contributed by atoms with Crippen LogP contribution in [0.4, 0.5) is 0 Å². The van der Waals surface area contributed by atoms with Gasteiger partial charge in [0.15, 0.2) is 5.96 Å². The lowest BCUT2D eigenvalue weighted by molar-refractivity contribution is 0.419. The third kappa shape index (κ3) is 7.17. The summed E-state index contributed by atoms with van der Waals surface area (Å²) in [6.45, 7) is 5.26. The second kappa shape index (κ2) is 12.0. The van der Waals surface area contributed by atoms with E-state index in [1.54, 1.807) is 0 Å². The zero-order chi connectivity index (χ0) is 16.5. The summed E-state index contributed by atoms with van der Waals surface area (Å²) < 4.78 is 0. The average molecular weight is 462 g/mol. The molecule has 2 rings (SSSR count). The van der Waals surface area contributed by atoms with E-state index in [-0.39, 0.29) is 24.0 Å². The van der Waals surface area contributed by atoms with E-state index in [0.717, 1.165) is 24.2 Å². The number of halogens is 1. The maximum absolute atomic E-state index is 4.38. The van der Waals surface area contributed by atoms with E-state index in [2.05, 4.69) is 52.3 Å². The van der Waals surface area contributed by atoms with E-state index in [1.165, 1.54) is 42.6 Å². The van der Waals surface area contributed by atoms with Crippen molar-refractivity contribution in [3.8, 4) is 0 Å². The average Bonchev–Trinajstić information content (AvgIpc) is 2.56. The summed E-state index contributed by atoms with van der Waals surface area (Å²) in [5.74, 6) is 2.15. The molecule has 0 saturated heterocycles. The summed E-state index contributed by atoms with van der Waals surface area (Å²) in [7, 11) is 1.86. The number of aromatic nitrogens is 1. The highest BCUT2D eigenvalue weighted by Crippen LogP contribution is 2.28. The molecule has 0 aliphatic heterocycles. The molecular weight excluding hydrogens is 431 g/mol. The molecule has 1 aliphatic carbocycles. The fraction of sp³-hybridized carbons (Fsp3) is 0.667. The Morgan fingerprint density at radius 2 is 2.25 bits per heavy atom. The summed E-state index contributed by atoms with van der Waals surface area (Å²) in [4.78, 5) is 8.53. The molecule has 1 aliphatic rings. The lowest BCUT2D eigenvalue weighted by Crippen LogP contribution is -2.46. The van der Waals surface area contributed by atoms with Gasteiger partial charge < -0.3 is 10.6 Å². The molecule has 24 heavy (non-hydrogen) atoms. The second-order valence-corrected chi connectivity index (χ2v) is 7.71. The van der Waals surface area contributed by atoms with Crippen LogP contribution in [0.15, 0.2) is 23.5 Å². The van der Waals surface area contributed by atoms with Crippen LogP contribution < -0.4 is 10.6 Å². The van der Waals surface area contributed by atoms with Gasteiger partial charge >= 0.3 is 0 Å². The van der Waals surface area contributed by atoms with Gasteiger partial charge in [-0.1, -0.05) is 13.3 Å². The molecule has 0 radical (unpaired) electrons. The first-order valence-electron chi connectivity index (χ1n) is 8.71. The maximum Gasteiger partial charge on any atom is 0.191 e. The quantitative estimate of drug-likeness (QED) is 0.384. The first-order chi connectivity index (χ1) is 11.2. The topological polar surface area (TPSA) is 49.3 Å². The number of aliphatic imine (C=N–C) groups is 1. The van der Waals surface area contributed by atoms with E-state index >= 15 is 0 Å². The lowest BCUT2D eigenvalue weighted by atomic mass is 9.95. The lowest BCUT2D eigenvalue weighted by Gasteiger charge is -2.30. The van der Waals surface area contributed by atoms with Crippen LogP contribution in [-0.4, -0.2) is 41.6 Å². The minimum Gasteiger partial charge on any atom is -0.356 e. The Kier molecular flexibility index (Phi) is 10.7. The Hall–Kier alpha value is -0.500. The van der Waals surface area contributed by atoms with Crippen molar-refractivity contribution in [1.82, 2.24) is 15.6 Å². The molecule has 1 heterocycles. The number of hydrogen-bond acceptors (Lipinski definition) is 3. The highest BCUT2D eigenvalue weighted by atomic mass is 127. The van der Waals surface area contributed by atoms with Crippen LogP contribution in [-0.2, 0) is 6.42 Å². The first kappa shape index (κ1) is 21.5. The van der Waals surface area contributed by atoms with E-state index in [0.29, 0.717) is 6.04 Å². The first-order valence-corrected chi connectivity index (χ1v) is 9.76. The molecule has 1 aromatic heterocycles. The molecule has 136 valence electrons. The number of hydrogen-bond donors (Lipinski definition) is 2. The number of nitrogens with zero attached hydrogens (tertiary/aromatic N) is 2. The molecule has 2 atom stereocenters. The molecule has 4 nitrogen and oxygen atoms in total. The number of guanidine groups is 1. The van der Waals surface area contributed by atoms with Gasteiger partial charge in [0.05, 0.1) is 0 Å². The normalized spacial score (nSPS) is 21.0. The summed E-state index contributed by atoms with van der Waals surface area (Å²) in [5.41, 5.74) is 2.60. The standard InChI is InChI=1S/C18H30N4S.HI/c1-4-23-17-7-5-6-16(12-17)22-18(19-3)21-11-9-15-8-10-20-13-14(15)2;/h8,10,13,16-17H,4-7,9,11-12H2,1-3H3,(H2,19,21,22);1H. The molecule has 1 saturated carbocycles. The number of nitrogens with one attached hydrogen (secondary N) is 2. The zero-order valence-corrected chi connectivity index (χ0v) is 18.2. The van der Waals surface area contributed by atoms with E-state index in [4.69, 9.17) is 0 Å². The van der Waals surface area contributed by atoms with E-state index < -0.39 is 0 Å². The van der Waals surface area contributed by atoms with Crippen LogP contribution in [0.2, 0.25) is 0 Å². The van der Waals surface area contributed by atoms with Gasteiger partial charge in [-0.15, -0.1) is 24.0 Å². The molecule has 0 aromatic carbocycles. The second-order valence-electron chi connectivity index (χ2n) is 6.14. The predicted octanol–water partition coefficient (Wildman–Crippen LogP) is 3.78. The monoisotopic (exact) mass is 462 g/mol. The predicted molar refractivity (Wildman–Crippen MR) is 117 cm³/mol. The van der Waals surface area contributed by atoms with E-state index in [9.17, 15) is 0 Å². The molecule has 6 heteroatoms. The molecule has 0 amide bonds. The van der Waals surface area contributed by atoms with Crippen molar-refractivity contribution in [2.24, 2.45) is 4.99 Å². The molecule has 0 bridgehead atoms. The largest absolute Gasteiger partial charge is 0.356 e. The Bertz CT molecular complexity index is 508. The van der Waals surface area contributed by atoms with Gasteiger partial charge in [0.25, 0.3) is 0 Å². The molecule has 1 fully saturated rings. The minimum absolute atomic E-state index is 0. The van der Waals surface area contributed by atoms with Crippen LogP contribution in [0.5, 0.6) is 0 Å². The van der Waals surface area contributed by atoms with Gasteiger partial charge in [-0.2, -0.15) is 11.8 Å².